The number of amides is 1. The summed E-state index contributed by atoms with van der Waals surface area (Å²) in [4.78, 5) is 19.5. The molecule has 3 aromatic rings. The zero-order valence-corrected chi connectivity index (χ0v) is 17.8. The molecule has 2 heterocycles. The molecule has 1 aromatic carbocycles. The minimum atomic E-state index is -0.209. The molecule has 28 heavy (non-hydrogen) atoms. The summed E-state index contributed by atoms with van der Waals surface area (Å²) in [5, 5.41) is 4.85. The Labute approximate surface area is 185 Å². The standard InChI is InChI=1S/C19H18Cl2N4O.2ClH/c20-16-5-3-12(9-17(16)21)8-14(10-22)25-18(26)6-4-13-11-24-19-15(13)2-1-7-23-19;;/h1-7,9,11,14H,8,10,22H2,(H,23,24)(H,25,26);2*1H/b6-4+;;/t14-;;/m0../s1. The maximum absolute atomic E-state index is 12.2. The van der Waals surface area contributed by atoms with Crippen LogP contribution < -0.4 is 11.1 Å². The molecule has 0 saturated carbocycles. The first-order valence-corrected chi connectivity index (χ1v) is 8.87. The van der Waals surface area contributed by atoms with E-state index in [4.69, 9.17) is 28.9 Å². The van der Waals surface area contributed by atoms with Gasteiger partial charge in [0.1, 0.15) is 5.65 Å². The molecule has 0 aliphatic carbocycles. The van der Waals surface area contributed by atoms with E-state index in [9.17, 15) is 4.79 Å². The summed E-state index contributed by atoms with van der Waals surface area (Å²) in [7, 11) is 0. The zero-order chi connectivity index (χ0) is 18.5. The fourth-order valence-electron chi connectivity index (χ4n) is 2.67. The van der Waals surface area contributed by atoms with Gasteiger partial charge in [-0.05, 0) is 42.3 Å². The molecule has 0 aliphatic heterocycles. The van der Waals surface area contributed by atoms with Crippen LogP contribution in [0.15, 0.2) is 48.8 Å². The largest absolute Gasteiger partial charge is 0.348 e. The first-order chi connectivity index (χ1) is 12.6. The van der Waals surface area contributed by atoms with Gasteiger partial charge in [0.05, 0.1) is 10.0 Å². The van der Waals surface area contributed by atoms with Gasteiger partial charge in [-0.2, -0.15) is 0 Å². The van der Waals surface area contributed by atoms with E-state index in [1.807, 2.05) is 24.4 Å². The molecule has 0 saturated heterocycles. The molecule has 2 aromatic heterocycles. The van der Waals surface area contributed by atoms with Crippen LogP contribution in [0.1, 0.15) is 11.1 Å². The van der Waals surface area contributed by atoms with E-state index in [0.29, 0.717) is 23.0 Å². The van der Waals surface area contributed by atoms with Crippen molar-refractivity contribution in [2.45, 2.75) is 12.5 Å². The van der Waals surface area contributed by atoms with Crippen molar-refractivity contribution in [1.29, 1.82) is 0 Å². The average molecular weight is 462 g/mol. The lowest BCUT2D eigenvalue weighted by atomic mass is 10.1. The Bertz CT molecular complexity index is 958. The molecule has 0 spiro atoms. The van der Waals surface area contributed by atoms with E-state index >= 15 is 0 Å². The number of aromatic amines is 1. The van der Waals surface area contributed by atoms with Gasteiger partial charge >= 0.3 is 0 Å². The molecule has 3 rings (SSSR count). The fraction of sp³-hybridized carbons (Fsp3) is 0.158. The lowest BCUT2D eigenvalue weighted by Gasteiger charge is -2.16. The fourth-order valence-corrected chi connectivity index (χ4v) is 2.99. The molecule has 0 unspecified atom stereocenters. The second kappa shape index (κ2) is 11.3. The number of hydrogen-bond acceptors (Lipinski definition) is 3. The number of nitrogens with one attached hydrogen (secondary N) is 2. The first-order valence-electron chi connectivity index (χ1n) is 8.11. The van der Waals surface area contributed by atoms with E-state index in [-0.39, 0.29) is 36.8 Å². The number of carbonyl (C=O) groups excluding carboxylic acids is 1. The molecule has 5 nitrogen and oxygen atoms in total. The molecule has 0 fully saturated rings. The normalized spacial score (nSPS) is 11.7. The van der Waals surface area contributed by atoms with Gasteiger partial charge < -0.3 is 16.0 Å². The molecule has 0 bridgehead atoms. The molecule has 1 atom stereocenters. The van der Waals surface area contributed by atoms with Crippen LogP contribution >= 0.6 is 48.0 Å². The SMILES string of the molecule is Cl.Cl.NC[C@H](Cc1ccc(Cl)c(Cl)c1)NC(=O)/C=C/c1c[nH]c2ncccc12. The van der Waals surface area contributed by atoms with Crippen LogP contribution in [-0.2, 0) is 11.2 Å². The van der Waals surface area contributed by atoms with Gasteiger partial charge in [-0.25, -0.2) is 4.98 Å². The van der Waals surface area contributed by atoms with E-state index in [2.05, 4.69) is 15.3 Å². The third kappa shape index (κ3) is 6.12. The number of nitrogens with zero attached hydrogens (tertiary/aromatic N) is 1. The van der Waals surface area contributed by atoms with Gasteiger partial charge in [0.15, 0.2) is 0 Å². The first kappa shape index (κ1) is 24.3. The number of hydrogen-bond donors (Lipinski definition) is 3. The van der Waals surface area contributed by atoms with Crippen LogP contribution in [0.4, 0.5) is 0 Å². The number of H-pyrrole nitrogens is 1. The van der Waals surface area contributed by atoms with E-state index in [0.717, 1.165) is 22.2 Å². The number of aromatic nitrogens is 2. The summed E-state index contributed by atoms with van der Waals surface area (Å²) in [5.41, 5.74) is 8.44. The average Bonchev–Trinajstić information content (AvgIpc) is 3.05. The van der Waals surface area contributed by atoms with Gasteiger partial charge in [0.25, 0.3) is 0 Å². The molecule has 0 aliphatic rings. The Hall–Kier alpha value is -1.76. The Morgan fingerprint density at radius 3 is 2.75 bits per heavy atom. The minimum absolute atomic E-state index is 0. The Morgan fingerprint density at radius 1 is 1.25 bits per heavy atom. The molecule has 9 heteroatoms. The lowest BCUT2D eigenvalue weighted by Crippen LogP contribution is -2.40. The summed E-state index contributed by atoms with van der Waals surface area (Å²) in [6.45, 7) is 0.316. The summed E-state index contributed by atoms with van der Waals surface area (Å²) >= 11 is 12.0. The Morgan fingerprint density at radius 2 is 2.04 bits per heavy atom. The van der Waals surface area contributed by atoms with Crippen molar-refractivity contribution >= 4 is 71.0 Å². The monoisotopic (exact) mass is 460 g/mol. The maximum atomic E-state index is 12.2. The number of benzene rings is 1. The van der Waals surface area contributed by atoms with Gasteiger partial charge in [-0.15, -0.1) is 24.8 Å². The van der Waals surface area contributed by atoms with Gasteiger partial charge in [0.2, 0.25) is 5.91 Å². The van der Waals surface area contributed by atoms with Crippen LogP contribution in [0.25, 0.3) is 17.1 Å². The smallest absolute Gasteiger partial charge is 0.244 e. The van der Waals surface area contributed by atoms with Crippen molar-refractivity contribution < 1.29 is 4.79 Å². The number of carbonyl (C=O) groups is 1. The van der Waals surface area contributed by atoms with Crippen molar-refractivity contribution in [2.75, 3.05) is 6.54 Å². The van der Waals surface area contributed by atoms with Crippen LogP contribution in [-0.4, -0.2) is 28.5 Å². The number of nitrogens with two attached hydrogens (primary N) is 1. The highest BCUT2D eigenvalue weighted by atomic mass is 35.5. The van der Waals surface area contributed by atoms with Crippen molar-refractivity contribution in [3.63, 3.8) is 0 Å². The maximum Gasteiger partial charge on any atom is 0.244 e. The molecular weight excluding hydrogens is 442 g/mol. The minimum Gasteiger partial charge on any atom is -0.348 e. The number of fused-ring (bicyclic) bond motifs is 1. The summed E-state index contributed by atoms with van der Waals surface area (Å²) in [6, 6.07) is 9.00. The topological polar surface area (TPSA) is 83.8 Å². The van der Waals surface area contributed by atoms with Gasteiger partial charge in [-0.3, -0.25) is 4.79 Å². The number of halogens is 4. The second-order valence-electron chi connectivity index (χ2n) is 5.87. The lowest BCUT2D eigenvalue weighted by molar-refractivity contribution is -0.117. The highest BCUT2D eigenvalue weighted by Gasteiger charge is 2.11. The van der Waals surface area contributed by atoms with E-state index in [1.54, 1.807) is 24.4 Å². The second-order valence-corrected chi connectivity index (χ2v) is 6.69. The number of rotatable bonds is 6. The van der Waals surface area contributed by atoms with Crippen molar-refractivity contribution in [3.8, 4) is 0 Å². The highest BCUT2D eigenvalue weighted by Crippen LogP contribution is 2.23. The third-order valence-electron chi connectivity index (χ3n) is 3.99. The predicted molar refractivity (Wildman–Crippen MR) is 121 cm³/mol. The third-order valence-corrected chi connectivity index (χ3v) is 4.73. The van der Waals surface area contributed by atoms with Crippen molar-refractivity contribution in [3.05, 3.63) is 70.0 Å². The Kier molecular flexibility index (Phi) is 9.79. The van der Waals surface area contributed by atoms with Gasteiger partial charge in [-0.1, -0.05) is 29.3 Å². The van der Waals surface area contributed by atoms with Crippen LogP contribution in [0, 0.1) is 0 Å². The molecule has 150 valence electrons. The van der Waals surface area contributed by atoms with Crippen LogP contribution in [0.2, 0.25) is 10.0 Å². The summed E-state index contributed by atoms with van der Waals surface area (Å²) in [6.07, 6.45) is 7.35. The van der Waals surface area contributed by atoms with Crippen LogP contribution in [0.5, 0.6) is 0 Å². The van der Waals surface area contributed by atoms with Gasteiger partial charge in [0, 0.05) is 42.0 Å². The predicted octanol–water partition coefficient (Wildman–Crippen LogP) is 4.41. The van der Waals surface area contributed by atoms with Crippen LogP contribution in [0.3, 0.4) is 0 Å². The van der Waals surface area contributed by atoms with Crippen molar-refractivity contribution in [2.24, 2.45) is 5.73 Å². The molecule has 4 N–H and O–H groups in total. The molecular formula is C19H20Cl4N4O. The quantitative estimate of drug-likeness (QED) is 0.475. The summed E-state index contributed by atoms with van der Waals surface area (Å²) in [5.74, 6) is -0.209. The van der Waals surface area contributed by atoms with Crippen molar-refractivity contribution in [1.82, 2.24) is 15.3 Å². The number of pyridine rings is 1. The van der Waals surface area contributed by atoms with E-state index in [1.165, 1.54) is 6.08 Å². The van der Waals surface area contributed by atoms with E-state index < -0.39 is 0 Å². The molecule has 0 radical (unpaired) electrons. The highest BCUT2D eigenvalue weighted by molar-refractivity contribution is 6.42. The zero-order valence-electron chi connectivity index (χ0n) is 14.7. The molecule has 1 amide bonds. The summed E-state index contributed by atoms with van der Waals surface area (Å²) < 4.78 is 0. The Balaban J connectivity index is 0.00000196.